The second kappa shape index (κ2) is 9.11. The van der Waals surface area contributed by atoms with Crippen LogP contribution < -0.4 is 0 Å². The molecule has 2 heteroatoms. The fourth-order valence-corrected chi connectivity index (χ4v) is 4.49. The normalized spacial score (nSPS) is 20.8. The molecule has 2 nitrogen and oxygen atoms in total. The molecule has 28 heavy (non-hydrogen) atoms. The van der Waals surface area contributed by atoms with Gasteiger partial charge in [-0.05, 0) is 132 Å². The summed E-state index contributed by atoms with van der Waals surface area (Å²) in [5, 5.41) is 9.31. The predicted molar refractivity (Wildman–Crippen MR) is 121 cm³/mol. The van der Waals surface area contributed by atoms with Gasteiger partial charge in [-0.25, -0.2) is 4.79 Å². The van der Waals surface area contributed by atoms with Gasteiger partial charge in [0.2, 0.25) is 0 Å². The lowest BCUT2D eigenvalue weighted by molar-refractivity contribution is -0.132. The zero-order valence-electron chi connectivity index (χ0n) is 20.0. The van der Waals surface area contributed by atoms with Gasteiger partial charge in [0.1, 0.15) is 0 Å². The second-order valence-electron chi connectivity index (χ2n) is 9.20. The monoisotopic (exact) mass is 384 g/mol. The highest BCUT2D eigenvalue weighted by Gasteiger charge is 2.30. The maximum Gasteiger partial charge on any atom is 0.331 e. The molecule has 156 valence electrons. The largest absolute Gasteiger partial charge is 0.478 e. The lowest BCUT2D eigenvalue weighted by atomic mass is 9.69. The molecule has 0 aliphatic heterocycles. The number of allylic oxidation sites excluding steroid dienone is 9. The van der Waals surface area contributed by atoms with Crippen LogP contribution in [0.1, 0.15) is 95.4 Å². The van der Waals surface area contributed by atoms with Crippen molar-refractivity contribution in [3.63, 3.8) is 0 Å². The van der Waals surface area contributed by atoms with Crippen LogP contribution in [0.5, 0.6) is 0 Å². The van der Waals surface area contributed by atoms with Gasteiger partial charge in [-0.2, -0.15) is 0 Å². The Morgan fingerprint density at radius 1 is 0.750 bits per heavy atom. The Kier molecular flexibility index (Phi) is 7.88. The van der Waals surface area contributed by atoms with Crippen LogP contribution in [-0.2, 0) is 4.79 Å². The molecule has 1 aliphatic rings. The van der Waals surface area contributed by atoms with Gasteiger partial charge >= 0.3 is 5.97 Å². The van der Waals surface area contributed by atoms with E-state index in [4.69, 9.17) is 0 Å². The highest BCUT2D eigenvalue weighted by Crippen LogP contribution is 2.45. The molecule has 0 fully saturated rings. The smallest absolute Gasteiger partial charge is 0.331 e. The van der Waals surface area contributed by atoms with Gasteiger partial charge in [-0.15, -0.1) is 0 Å². The van der Waals surface area contributed by atoms with Crippen molar-refractivity contribution in [3.8, 4) is 0 Å². The predicted octanol–water partition coefficient (Wildman–Crippen LogP) is 7.94. The van der Waals surface area contributed by atoms with Crippen LogP contribution in [0, 0.1) is 5.41 Å². The third-order valence-corrected chi connectivity index (χ3v) is 7.09. The maximum atomic E-state index is 11.3. The van der Waals surface area contributed by atoms with Gasteiger partial charge in [0, 0.05) is 5.57 Å². The van der Waals surface area contributed by atoms with E-state index in [1.54, 1.807) is 6.92 Å². The zero-order valence-corrected chi connectivity index (χ0v) is 20.0. The fraction of sp³-hybridized carbons (Fsp3) is 0.577. The Morgan fingerprint density at radius 3 is 1.54 bits per heavy atom. The first kappa shape index (κ1) is 24.2. The van der Waals surface area contributed by atoms with E-state index in [0.29, 0.717) is 5.57 Å². The van der Waals surface area contributed by atoms with E-state index in [-0.39, 0.29) is 5.41 Å². The van der Waals surface area contributed by atoms with E-state index < -0.39 is 5.97 Å². The molecular formula is C26H40O2. The molecule has 1 aliphatic carbocycles. The molecule has 0 aromatic carbocycles. The van der Waals surface area contributed by atoms with Crippen LogP contribution in [0.3, 0.4) is 0 Å². The third-order valence-electron chi connectivity index (χ3n) is 7.09. The Bertz CT molecular complexity index is 820. The zero-order chi connectivity index (χ0) is 22.0. The molecule has 0 saturated carbocycles. The topological polar surface area (TPSA) is 37.3 Å². The van der Waals surface area contributed by atoms with Crippen LogP contribution in [0.4, 0.5) is 0 Å². The summed E-state index contributed by atoms with van der Waals surface area (Å²) < 4.78 is 0. The molecule has 0 bridgehead atoms. The lowest BCUT2D eigenvalue weighted by Gasteiger charge is -2.36. The highest BCUT2D eigenvalue weighted by atomic mass is 16.4. The molecule has 0 spiro atoms. The summed E-state index contributed by atoms with van der Waals surface area (Å²) in [4.78, 5) is 11.3. The van der Waals surface area contributed by atoms with Gasteiger partial charge in [-0.3, -0.25) is 0 Å². The summed E-state index contributed by atoms with van der Waals surface area (Å²) in [7, 11) is 0. The van der Waals surface area contributed by atoms with E-state index in [2.05, 4.69) is 55.4 Å². The molecule has 1 N–H and O–H groups in total. The molecule has 1 rings (SSSR count). The van der Waals surface area contributed by atoms with Crippen LogP contribution in [0.15, 0.2) is 55.7 Å². The molecular weight excluding hydrogens is 344 g/mol. The molecule has 0 saturated heterocycles. The van der Waals surface area contributed by atoms with E-state index in [9.17, 15) is 9.90 Å². The Labute approximate surface area is 172 Å². The summed E-state index contributed by atoms with van der Waals surface area (Å²) in [6.45, 7) is 23.6. The first-order valence-electron chi connectivity index (χ1n) is 10.4. The van der Waals surface area contributed by atoms with Crippen molar-refractivity contribution in [3.05, 3.63) is 55.7 Å². The minimum absolute atomic E-state index is 0.223. The summed E-state index contributed by atoms with van der Waals surface area (Å²) in [6.07, 6.45) is 3.71. The molecule has 0 amide bonds. The number of hydrogen-bond donors (Lipinski definition) is 1. The SMILES string of the molecule is CC1=C(/C(C)=C(C)/C(C)=C(C)\C(C)=C(C)\C(C)=C(/C)C(=O)O)C(C)(C)CCC1. The van der Waals surface area contributed by atoms with Crippen molar-refractivity contribution in [1.82, 2.24) is 0 Å². The molecule has 0 aromatic heterocycles. The third kappa shape index (κ3) is 4.96. The molecule has 0 atom stereocenters. The van der Waals surface area contributed by atoms with Crippen LogP contribution in [0.25, 0.3) is 0 Å². The van der Waals surface area contributed by atoms with Crippen molar-refractivity contribution >= 4 is 5.97 Å². The molecule has 0 aromatic rings. The number of carboxylic acid groups (broad SMARTS) is 1. The second-order valence-corrected chi connectivity index (χ2v) is 9.20. The van der Waals surface area contributed by atoms with Gasteiger partial charge in [0.05, 0.1) is 0 Å². The van der Waals surface area contributed by atoms with Gasteiger partial charge in [-0.1, -0.05) is 19.4 Å². The molecule has 0 heterocycles. The van der Waals surface area contributed by atoms with Crippen molar-refractivity contribution < 1.29 is 9.90 Å². The first-order valence-corrected chi connectivity index (χ1v) is 10.4. The fourth-order valence-electron chi connectivity index (χ4n) is 4.49. The van der Waals surface area contributed by atoms with Gasteiger partial charge in [0.15, 0.2) is 0 Å². The Morgan fingerprint density at radius 2 is 1.14 bits per heavy atom. The minimum Gasteiger partial charge on any atom is -0.478 e. The summed E-state index contributed by atoms with van der Waals surface area (Å²) >= 11 is 0. The molecule has 0 unspecified atom stereocenters. The number of hydrogen-bond acceptors (Lipinski definition) is 1. The average Bonchev–Trinajstić information content (AvgIpc) is 2.62. The first-order chi connectivity index (χ1) is 12.7. The van der Waals surface area contributed by atoms with Crippen LogP contribution in [0.2, 0.25) is 0 Å². The van der Waals surface area contributed by atoms with E-state index >= 15 is 0 Å². The number of carbonyl (C=O) groups is 1. The Balaban J connectivity index is 3.56. The summed E-state index contributed by atoms with van der Waals surface area (Å²) in [5.74, 6) is -0.850. The minimum atomic E-state index is -0.850. The van der Waals surface area contributed by atoms with Gasteiger partial charge in [0.25, 0.3) is 0 Å². The average molecular weight is 385 g/mol. The van der Waals surface area contributed by atoms with E-state index in [0.717, 1.165) is 16.7 Å². The molecule has 0 radical (unpaired) electrons. The highest BCUT2D eigenvalue weighted by molar-refractivity contribution is 5.87. The maximum absolute atomic E-state index is 11.3. The van der Waals surface area contributed by atoms with E-state index in [1.165, 1.54) is 52.7 Å². The number of aliphatic carboxylic acids is 1. The standard InChI is InChI=1S/C26H40O2/c1-15-13-12-14-26(10,11)24(15)22(8)20(6)18(4)16(2)17(3)19(5)21(7)23(9)25(27)28/h12-14H2,1-11H3,(H,27,28)/b18-16-,19-17+,22-20+,23-21+. The number of rotatable bonds is 5. The summed E-state index contributed by atoms with van der Waals surface area (Å²) in [6, 6.07) is 0. The van der Waals surface area contributed by atoms with Crippen molar-refractivity contribution in [1.29, 1.82) is 0 Å². The van der Waals surface area contributed by atoms with Crippen molar-refractivity contribution in [2.45, 2.75) is 95.4 Å². The van der Waals surface area contributed by atoms with Crippen molar-refractivity contribution in [2.75, 3.05) is 0 Å². The van der Waals surface area contributed by atoms with Gasteiger partial charge < -0.3 is 5.11 Å². The quantitative estimate of drug-likeness (QED) is 0.386. The Hall–Kier alpha value is -1.83. The number of carboxylic acids is 1. The van der Waals surface area contributed by atoms with Crippen LogP contribution in [-0.4, -0.2) is 11.1 Å². The van der Waals surface area contributed by atoms with Crippen LogP contribution >= 0.6 is 0 Å². The van der Waals surface area contributed by atoms with E-state index in [1.807, 2.05) is 13.8 Å². The summed E-state index contributed by atoms with van der Waals surface area (Å²) in [5.41, 5.74) is 12.0. The lowest BCUT2D eigenvalue weighted by Crippen LogP contribution is -2.21. The van der Waals surface area contributed by atoms with Crippen molar-refractivity contribution in [2.24, 2.45) is 5.41 Å².